The maximum Gasteiger partial charge on any atom is 0.253 e. The van der Waals surface area contributed by atoms with Crippen molar-refractivity contribution < 1.29 is 13.6 Å². The number of likely N-dealkylation sites (tertiary alicyclic amines) is 1. The molecular formula is C20H15B7ClF2N3O. The fraction of sp³-hybridized carbons (Fsp3) is 0.400. The van der Waals surface area contributed by atoms with E-state index in [-0.39, 0.29) is 17.1 Å². The van der Waals surface area contributed by atoms with Gasteiger partial charge in [0.25, 0.3) is 5.91 Å². The van der Waals surface area contributed by atoms with Gasteiger partial charge in [0.05, 0.1) is 65.6 Å². The molecule has 2 heterocycles. The number of carbonyl (C=O) groups is 1. The fourth-order valence-electron chi connectivity index (χ4n) is 3.80. The highest BCUT2D eigenvalue weighted by atomic mass is 35.5. The number of aromatic nitrogens is 1. The van der Waals surface area contributed by atoms with Gasteiger partial charge >= 0.3 is 0 Å². The van der Waals surface area contributed by atoms with E-state index < -0.39 is 52.6 Å². The predicted molar refractivity (Wildman–Crippen MR) is 134 cm³/mol. The topological polar surface area (TPSA) is 45.2 Å². The minimum atomic E-state index is -2.53. The quantitative estimate of drug-likeness (QED) is 0.631. The molecule has 0 saturated carbocycles. The lowest BCUT2D eigenvalue weighted by Crippen LogP contribution is -2.67. The third-order valence-electron chi connectivity index (χ3n) is 5.83. The first-order valence-electron chi connectivity index (χ1n) is 10.2. The average Bonchev–Trinajstić information content (AvgIpc) is 2.73. The van der Waals surface area contributed by atoms with Crippen LogP contribution in [0.5, 0.6) is 0 Å². The van der Waals surface area contributed by atoms with Gasteiger partial charge in [-0.1, -0.05) is 17.7 Å². The molecule has 14 radical (unpaired) electrons. The third-order valence-corrected chi connectivity index (χ3v) is 6.12. The summed E-state index contributed by atoms with van der Waals surface area (Å²) in [4.78, 5) is 18.2. The Kier molecular flexibility index (Phi) is 7.51. The first-order valence-corrected chi connectivity index (χ1v) is 10.6. The summed E-state index contributed by atoms with van der Waals surface area (Å²) in [5.41, 5.74) is -1.55. The van der Waals surface area contributed by atoms with Crippen molar-refractivity contribution in [1.29, 1.82) is 0 Å². The van der Waals surface area contributed by atoms with Gasteiger partial charge in [-0.3, -0.25) is 9.78 Å². The molecule has 0 spiro atoms. The van der Waals surface area contributed by atoms with Crippen molar-refractivity contribution in [3.63, 3.8) is 0 Å². The Morgan fingerprint density at radius 1 is 1.12 bits per heavy atom. The fourth-order valence-corrected chi connectivity index (χ4v) is 3.98. The summed E-state index contributed by atoms with van der Waals surface area (Å²) in [6.45, 7) is -1.14. The number of carbonyl (C=O) groups excluding carboxylic acids is 1. The van der Waals surface area contributed by atoms with Gasteiger partial charge in [0.2, 0.25) is 0 Å². The molecule has 0 bridgehead atoms. The Bertz CT molecular complexity index is 1050. The van der Waals surface area contributed by atoms with Gasteiger partial charge in [-0.05, 0) is 40.3 Å². The van der Waals surface area contributed by atoms with E-state index >= 15 is 4.39 Å². The number of rotatable bonds is 6. The zero-order chi connectivity index (χ0) is 25.5. The monoisotopic (exact) mass is 463 g/mol. The van der Waals surface area contributed by atoms with Gasteiger partial charge in [0.1, 0.15) is 11.5 Å². The number of pyridine rings is 1. The van der Waals surface area contributed by atoms with E-state index in [9.17, 15) is 9.18 Å². The molecule has 1 N–H and O–H groups in total. The van der Waals surface area contributed by atoms with Gasteiger partial charge in [0.15, 0.2) is 0 Å². The van der Waals surface area contributed by atoms with E-state index in [0.717, 1.165) is 17.0 Å². The highest BCUT2D eigenvalue weighted by Gasteiger charge is 2.58. The average molecular weight is 462 g/mol. The summed E-state index contributed by atoms with van der Waals surface area (Å²) >= 11 is 5.76. The smallest absolute Gasteiger partial charge is 0.253 e. The van der Waals surface area contributed by atoms with Crippen LogP contribution in [0, 0.1) is 5.82 Å². The van der Waals surface area contributed by atoms with Crippen LogP contribution in [0.3, 0.4) is 0 Å². The molecule has 1 aliphatic heterocycles. The standard InChI is InChI=1S/C20H15B7ClF2N3O/c21-18(22)9-33(16(34)11-1-4-15(29)14(28)5-11)10-19(23,24)17(18,30)8-31-7-13-3-2-12(6-32-13)20(25,26)27/h1-6,31H,7-10H2. The van der Waals surface area contributed by atoms with E-state index in [1.165, 1.54) is 12.3 Å². The Morgan fingerprint density at radius 2 is 1.74 bits per heavy atom. The van der Waals surface area contributed by atoms with Crippen molar-refractivity contribution in [2.24, 2.45) is 0 Å². The second-order valence-corrected chi connectivity index (χ2v) is 9.15. The van der Waals surface area contributed by atoms with Crippen molar-refractivity contribution >= 4 is 72.4 Å². The first-order chi connectivity index (χ1) is 15.6. The molecule has 1 saturated heterocycles. The lowest BCUT2D eigenvalue weighted by Gasteiger charge is -2.59. The number of alkyl halides is 1. The lowest BCUT2D eigenvalue weighted by molar-refractivity contribution is 0.0245. The van der Waals surface area contributed by atoms with Crippen LogP contribution in [0.15, 0.2) is 36.5 Å². The molecule has 158 valence electrons. The number of halogens is 3. The number of nitrogens with one attached hydrogen (secondary N) is 1. The van der Waals surface area contributed by atoms with Crippen molar-refractivity contribution in [3.05, 3.63) is 64.2 Å². The number of piperidine rings is 1. The molecule has 14 heteroatoms. The van der Waals surface area contributed by atoms with Crippen molar-refractivity contribution in [2.75, 3.05) is 19.6 Å². The summed E-state index contributed by atoms with van der Waals surface area (Å²) in [5, 5.41) is -3.19. The van der Waals surface area contributed by atoms with E-state index in [0.29, 0.717) is 11.3 Å². The predicted octanol–water partition coefficient (Wildman–Crippen LogP) is 0.350. The van der Waals surface area contributed by atoms with Crippen LogP contribution in [0.2, 0.25) is 15.5 Å². The van der Waals surface area contributed by atoms with Crippen LogP contribution in [0.25, 0.3) is 0 Å². The van der Waals surface area contributed by atoms with Crippen LogP contribution in [-0.2, 0) is 11.7 Å². The molecule has 34 heavy (non-hydrogen) atoms. The summed E-state index contributed by atoms with van der Waals surface area (Å²) in [6.07, 6.45) is 1.40. The largest absolute Gasteiger partial charge is 0.340 e. The molecule has 1 aliphatic rings. The van der Waals surface area contributed by atoms with Crippen molar-refractivity contribution in [3.8, 4) is 0 Å². The molecule has 0 aliphatic carbocycles. The molecule has 0 atom stereocenters. The minimum absolute atomic E-state index is 0.0495. The second-order valence-electron chi connectivity index (χ2n) is 8.75. The number of hydrogen-bond acceptors (Lipinski definition) is 3. The Labute approximate surface area is 212 Å². The van der Waals surface area contributed by atoms with E-state index in [1.807, 2.05) is 0 Å². The van der Waals surface area contributed by atoms with Crippen LogP contribution in [-0.4, -0.2) is 96.0 Å². The Balaban J connectivity index is 1.72. The summed E-state index contributed by atoms with van der Waals surface area (Å²) in [7, 11) is 41.2. The molecule has 2 aromatic rings. The molecule has 1 fully saturated rings. The zero-order valence-electron chi connectivity index (χ0n) is 18.3. The minimum Gasteiger partial charge on any atom is -0.340 e. The van der Waals surface area contributed by atoms with Gasteiger partial charge in [0, 0.05) is 37.9 Å². The van der Waals surface area contributed by atoms with Crippen molar-refractivity contribution in [2.45, 2.75) is 27.8 Å². The van der Waals surface area contributed by atoms with Gasteiger partial charge in [-0.2, -0.15) is 0 Å². The summed E-state index contributed by atoms with van der Waals surface area (Å²) < 4.78 is 29.6. The molecule has 1 aromatic carbocycles. The van der Waals surface area contributed by atoms with Crippen molar-refractivity contribution in [1.82, 2.24) is 15.2 Å². The zero-order valence-corrected chi connectivity index (χ0v) is 19.0. The van der Waals surface area contributed by atoms with Gasteiger partial charge < -0.3 is 10.2 Å². The number of amides is 1. The summed E-state index contributed by atoms with van der Waals surface area (Å²) in [6, 6.07) is 6.61. The Hall–Kier alpha value is -1.60. The maximum atomic E-state index is 16.2. The molecule has 1 amide bonds. The third kappa shape index (κ3) is 5.30. The highest BCUT2D eigenvalue weighted by Crippen LogP contribution is 2.54. The van der Waals surface area contributed by atoms with Crippen LogP contribution >= 0.6 is 11.6 Å². The summed E-state index contributed by atoms with van der Waals surface area (Å²) in [5.74, 6) is -1.32. The molecule has 4 nitrogen and oxygen atoms in total. The number of hydrogen-bond donors (Lipinski definition) is 1. The number of benzene rings is 1. The highest BCUT2D eigenvalue weighted by molar-refractivity contribution is 6.58. The number of nitrogens with zero attached hydrogens (tertiary/aromatic N) is 2. The van der Waals surface area contributed by atoms with Gasteiger partial charge in [-0.25, -0.2) is 8.78 Å². The van der Waals surface area contributed by atoms with Crippen LogP contribution < -0.4 is 5.32 Å². The van der Waals surface area contributed by atoms with E-state index in [1.54, 1.807) is 12.1 Å². The van der Waals surface area contributed by atoms with E-state index in [2.05, 4.69) is 10.3 Å². The van der Waals surface area contributed by atoms with Crippen LogP contribution in [0.4, 0.5) is 8.78 Å². The lowest BCUT2D eigenvalue weighted by atomic mass is 9.32. The molecule has 1 aromatic heterocycles. The normalized spacial score (nSPS) is 19.0. The molecule has 0 unspecified atom stereocenters. The first kappa shape index (κ1) is 27.0. The van der Waals surface area contributed by atoms with E-state index in [4.69, 9.17) is 66.5 Å². The second kappa shape index (κ2) is 9.46. The SMILES string of the molecule is [B]C([B])([B])c1ccc(CNCC2(F)C([B])([B])CN(C(=O)c3ccc(F)c(Cl)c3)CC2([B])[B])nc1. The molecular weight excluding hydrogens is 447 g/mol. The molecule has 3 rings (SSSR count). The Morgan fingerprint density at radius 3 is 2.24 bits per heavy atom. The maximum absolute atomic E-state index is 16.2. The van der Waals surface area contributed by atoms with Gasteiger partial charge in [-0.15, -0.1) is 5.11 Å². The van der Waals surface area contributed by atoms with Crippen LogP contribution in [0.1, 0.15) is 21.6 Å².